The second-order valence-electron chi connectivity index (χ2n) is 5.96. The maximum absolute atomic E-state index is 12.7. The van der Waals surface area contributed by atoms with Crippen molar-refractivity contribution in [3.63, 3.8) is 0 Å². The van der Waals surface area contributed by atoms with Gasteiger partial charge in [0.1, 0.15) is 0 Å². The second-order valence-corrected chi connectivity index (χ2v) is 6.99. The van der Waals surface area contributed by atoms with Crippen LogP contribution < -0.4 is 0 Å². The fourth-order valence-corrected chi connectivity index (χ4v) is 3.26. The van der Waals surface area contributed by atoms with Gasteiger partial charge < -0.3 is 0 Å². The summed E-state index contributed by atoms with van der Waals surface area (Å²) >= 11 is 1.77. The molecular weight excluding hydrogens is 278 g/mol. The number of carbonyl (C=O) groups excluding carboxylic acids is 1. The van der Waals surface area contributed by atoms with Crippen LogP contribution in [-0.2, 0) is 6.54 Å². The van der Waals surface area contributed by atoms with Crippen molar-refractivity contribution in [2.45, 2.75) is 27.3 Å². The van der Waals surface area contributed by atoms with Crippen LogP contribution in [0, 0.1) is 5.41 Å². The lowest BCUT2D eigenvalue weighted by molar-refractivity contribution is 0.0763. The minimum atomic E-state index is -0.380. The topological polar surface area (TPSA) is 20.3 Å². The van der Waals surface area contributed by atoms with E-state index in [1.165, 1.54) is 4.88 Å². The standard InChI is InChI=1S/C18H23NOS/c1-4-19(13-16-11-8-12-21-16)14-18(2,3)17(20)15-9-6-5-7-10-15/h5-12H,4,13-14H2,1-3H3. The van der Waals surface area contributed by atoms with Crippen molar-refractivity contribution in [2.24, 2.45) is 5.41 Å². The lowest BCUT2D eigenvalue weighted by Gasteiger charge is -2.30. The third-order valence-electron chi connectivity index (χ3n) is 3.68. The van der Waals surface area contributed by atoms with Gasteiger partial charge in [-0.1, -0.05) is 57.2 Å². The van der Waals surface area contributed by atoms with Crippen molar-refractivity contribution in [1.29, 1.82) is 0 Å². The summed E-state index contributed by atoms with van der Waals surface area (Å²) in [5.74, 6) is 0.215. The van der Waals surface area contributed by atoms with Crippen molar-refractivity contribution in [1.82, 2.24) is 4.90 Å². The van der Waals surface area contributed by atoms with E-state index >= 15 is 0 Å². The Morgan fingerprint density at radius 3 is 2.43 bits per heavy atom. The molecule has 2 rings (SSSR count). The summed E-state index contributed by atoms with van der Waals surface area (Å²) in [6.45, 7) is 8.87. The lowest BCUT2D eigenvalue weighted by atomic mass is 9.83. The number of carbonyl (C=O) groups is 1. The Bertz CT molecular complexity index is 560. The van der Waals surface area contributed by atoms with E-state index < -0.39 is 0 Å². The number of rotatable bonds is 7. The predicted octanol–water partition coefficient (Wildman–Crippen LogP) is 4.48. The highest BCUT2D eigenvalue weighted by atomic mass is 32.1. The molecule has 1 heterocycles. The van der Waals surface area contributed by atoms with Crippen LogP contribution in [-0.4, -0.2) is 23.8 Å². The molecule has 0 aliphatic carbocycles. The van der Waals surface area contributed by atoms with Crippen LogP contribution in [0.1, 0.15) is 36.0 Å². The Kier molecular flexibility index (Phi) is 5.32. The molecule has 3 heteroatoms. The third-order valence-corrected chi connectivity index (χ3v) is 4.54. The van der Waals surface area contributed by atoms with Gasteiger partial charge in [0.15, 0.2) is 5.78 Å². The van der Waals surface area contributed by atoms with E-state index in [4.69, 9.17) is 0 Å². The van der Waals surface area contributed by atoms with Crippen LogP contribution in [0.15, 0.2) is 47.8 Å². The monoisotopic (exact) mass is 301 g/mol. The zero-order valence-electron chi connectivity index (χ0n) is 13.0. The Labute approximate surface area is 131 Å². The maximum Gasteiger partial charge on any atom is 0.169 e. The normalized spacial score (nSPS) is 11.8. The van der Waals surface area contributed by atoms with Gasteiger partial charge in [-0.3, -0.25) is 9.69 Å². The first kappa shape index (κ1) is 15.9. The SMILES string of the molecule is CCN(Cc1cccs1)CC(C)(C)C(=O)c1ccccc1. The number of nitrogens with zero attached hydrogens (tertiary/aromatic N) is 1. The first-order chi connectivity index (χ1) is 10.0. The summed E-state index contributed by atoms with van der Waals surface area (Å²) in [5, 5.41) is 2.10. The minimum Gasteiger partial charge on any atom is -0.298 e. The molecule has 2 nitrogen and oxygen atoms in total. The molecule has 0 unspecified atom stereocenters. The van der Waals surface area contributed by atoms with Gasteiger partial charge in [-0.25, -0.2) is 0 Å². The molecule has 112 valence electrons. The first-order valence-corrected chi connectivity index (χ1v) is 8.25. The molecule has 0 atom stereocenters. The zero-order valence-corrected chi connectivity index (χ0v) is 13.8. The number of Topliss-reactive ketones (excluding diaryl/α,β-unsaturated/α-hetero) is 1. The highest BCUT2D eigenvalue weighted by molar-refractivity contribution is 7.09. The van der Waals surface area contributed by atoms with Gasteiger partial charge in [0, 0.05) is 28.9 Å². The molecule has 1 aromatic carbocycles. The number of benzene rings is 1. The van der Waals surface area contributed by atoms with Crippen LogP contribution in [0.5, 0.6) is 0 Å². The van der Waals surface area contributed by atoms with Crippen LogP contribution in [0.25, 0.3) is 0 Å². The lowest BCUT2D eigenvalue weighted by Crippen LogP contribution is -2.38. The Morgan fingerprint density at radius 2 is 1.86 bits per heavy atom. The Hall–Kier alpha value is -1.45. The van der Waals surface area contributed by atoms with Gasteiger partial charge in [-0.2, -0.15) is 0 Å². The van der Waals surface area contributed by atoms with Crippen LogP contribution in [0.4, 0.5) is 0 Å². The minimum absolute atomic E-state index is 0.215. The van der Waals surface area contributed by atoms with Gasteiger partial charge in [-0.15, -0.1) is 11.3 Å². The molecule has 0 bridgehead atoms. The number of hydrogen-bond donors (Lipinski definition) is 0. The molecule has 0 radical (unpaired) electrons. The molecule has 0 saturated heterocycles. The average molecular weight is 301 g/mol. The van der Waals surface area contributed by atoms with Crippen molar-refractivity contribution >= 4 is 17.1 Å². The van der Waals surface area contributed by atoms with E-state index in [0.717, 1.165) is 25.2 Å². The Balaban J connectivity index is 2.06. The summed E-state index contributed by atoms with van der Waals surface area (Å²) < 4.78 is 0. The molecule has 0 aliphatic rings. The van der Waals surface area contributed by atoms with Gasteiger partial charge >= 0.3 is 0 Å². The summed E-state index contributed by atoms with van der Waals surface area (Å²) in [5.41, 5.74) is 0.420. The quantitative estimate of drug-likeness (QED) is 0.703. The highest BCUT2D eigenvalue weighted by Crippen LogP contribution is 2.24. The van der Waals surface area contributed by atoms with Crippen LogP contribution in [0.2, 0.25) is 0 Å². The fraction of sp³-hybridized carbons (Fsp3) is 0.389. The Morgan fingerprint density at radius 1 is 1.14 bits per heavy atom. The molecule has 0 saturated carbocycles. The first-order valence-electron chi connectivity index (χ1n) is 7.37. The van der Waals surface area contributed by atoms with E-state index in [1.54, 1.807) is 11.3 Å². The highest BCUT2D eigenvalue weighted by Gasteiger charge is 2.30. The predicted molar refractivity (Wildman–Crippen MR) is 89.8 cm³/mol. The van der Waals surface area contributed by atoms with Gasteiger partial charge in [0.05, 0.1) is 0 Å². The summed E-state index contributed by atoms with van der Waals surface area (Å²) in [6, 6.07) is 13.8. The molecule has 21 heavy (non-hydrogen) atoms. The summed E-state index contributed by atoms with van der Waals surface area (Å²) in [7, 11) is 0. The van der Waals surface area contributed by atoms with Crippen molar-refractivity contribution < 1.29 is 4.79 Å². The van der Waals surface area contributed by atoms with E-state index in [9.17, 15) is 4.79 Å². The number of hydrogen-bond acceptors (Lipinski definition) is 3. The molecule has 0 amide bonds. The maximum atomic E-state index is 12.7. The number of thiophene rings is 1. The second kappa shape index (κ2) is 7.01. The van der Waals surface area contributed by atoms with Crippen molar-refractivity contribution in [3.8, 4) is 0 Å². The number of ketones is 1. The van der Waals surface area contributed by atoms with Gasteiger partial charge in [-0.05, 0) is 18.0 Å². The van der Waals surface area contributed by atoms with Gasteiger partial charge in [0.25, 0.3) is 0 Å². The van der Waals surface area contributed by atoms with E-state index in [-0.39, 0.29) is 11.2 Å². The molecule has 0 spiro atoms. The molecule has 0 fully saturated rings. The summed E-state index contributed by atoms with van der Waals surface area (Å²) in [4.78, 5) is 16.4. The zero-order chi connectivity index (χ0) is 15.3. The smallest absolute Gasteiger partial charge is 0.169 e. The molecular formula is C18H23NOS. The molecule has 0 N–H and O–H groups in total. The molecule has 2 aromatic rings. The third kappa shape index (κ3) is 4.26. The van der Waals surface area contributed by atoms with Crippen LogP contribution in [0.3, 0.4) is 0 Å². The average Bonchev–Trinajstić information content (AvgIpc) is 2.99. The summed E-state index contributed by atoms with van der Waals surface area (Å²) in [6.07, 6.45) is 0. The molecule has 1 aromatic heterocycles. The van der Waals surface area contributed by atoms with E-state index in [1.807, 2.05) is 44.2 Å². The van der Waals surface area contributed by atoms with Crippen molar-refractivity contribution in [2.75, 3.05) is 13.1 Å². The van der Waals surface area contributed by atoms with Crippen LogP contribution >= 0.6 is 11.3 Å². The van der Waals surface area contributed by atoms with E-state index in [0.29, 0.717) is 0 Å². The van der Waals surface area contributed by atoms with Gasteiger partial charge in [0.2, 0.25) is 0 Å². The van der Waals surface area contributed by atoms with E-state index in [2.05, 4.69) is 29.3 Å². The fourth-order valence-electron chi connectivity index (χ4n) is 2.51. The van der Waals surface area contributed by atoms with Crippen molar-refractivity contribution in [3.05, 3.63) is 58.3 Å². The largest absolute Gasteiger partial charge is 0.298 e. The molecule has 0 aliphatic heterocycles.